The Morgan fingerprint density at radius 1 is 0.900 bits per heavy atom. The van der Waals surface area contributed by atoms with Gasteiger partial charge in [0.25, 0.3) is 0 Å². The lowest BCUT2D eigenvalue weighted by molar-refractivity contribution is 0.199. The van der Waals surface area contributed by atoms with Crippen LogP contribution in [0.15, 0.2) is 42.5 Å². The van der Waals surface area contributed by atoms with Crippen LogP contribution in [0.1, 0.15) is 49.5 Å². The van der Waals surface area contributed by atoms with Gasteiger partial charge in [-0.05, 0) is 54.7 Å². The second kappa shape index (κ2) is 6.10. The highest BCUT2D eigenvalue weighted by Gasteiger charge is 2.07. The third-order valence-electron chi connectivity index (χ3n) is 3.47. The van der Waals surface area contributed by atoms with Crippen LogP contribution in [0.25, 0.3) is 0 Å². The average molecular weight is 270 g/mol. The van der Waals surface area contributed by atoms with Crippen LogP contribution in [-0.4, -0.2) is 5.11 Å². The molecular formula is C18H22O2. The Kier molecular flexibility index (Phi) is 4.46. The number of aliphatic hydroxyl groups is 1. The molecule has 2 aromatic carbocycles. The minimum atomic E-state index is -0.449. The Morgan fingerprint density at radius 2 is 1.50 bits per heavy atom. The fourth-order valence-electron chi connectivity index (χ4n) is 2.03. The molecule has 106 valence electrons. The van der Waals surface area contributed by atoms with Gasteiger partial charge in [0.05, 0.1) is 6.10 Å². The first kappa shape index (κ1) is 14.6. The van der Waals surface area contributed by atoms with Crippen molar-refractivity contribution in [3.63, 3.8) is 0 Å². The molecule has 0 saturated carbocycles. The molecule has 0 aliphatic carbocycles. The molecular weight excluding hydrogens is 248 g/mol. The number of aliphatic hydroxyl groups excluding tert-OH is 1. The van der Waals surface area contributed by atoms with E-state index in [1.165, 1.54) is 5.56 Å². The quantitative estimate of drug-likeness (QED) is 0.850. The number of ether oxygens (including phenoxy) is 1. The summed E-state index contributed by atoms with van der Waals surface area (Å²) in [5, 5.41) is 9.51. The van der Waals surface area contributed by atoms with Gasteiger partial charge in [-0.15, -0.1) is 0 Å². The predicted molar refractivity (Wildman–Crippen MR) is 82.4 cm³/mol. The maximum atomic E-state index is 9.51. The fourth-order valence-corrected chi connectivity index (χ4v) is 2.03. The van der Waals surface area contributed by atoms with Crippen molar-refractivity contribution < 1.29 is 9.84 Å². The highest BCUT2D eigenvalue weighted by Crippen LogP contribution is 2.29. The molecule has 1 unspecified atom stereocenters. The van der Waals surface area contributed by atoms with E-state index in [4.69, 9.17) is 4.74 Å². The van der Waals surface area contributed by atoms with Gasteiger partial charge in [-0.25, -0.2) is 0 Å². The van der Waals surface area contributed by atoms with Crippen LogP contribution in [0.3, 0.4) is 0 Å². The summed E-state index contributed by atoms with van der Waals surface area (Å²) in [5.74, 6) is 2.16. The molecule has 2 nitrogen and oxygen atoms in total. The number of aryl methyl sites for hydroxylation is 1. The average Bonchev–Trinajstić information content (AvgIpc) is 2.41. The van der Waals surface area contributed by atoms with Crippen molar-refractivity contribution in [1.29, 1.82) is 0 Å². The third kappa shape index (κ3) is 3.40. The number of benzene rings is 2. The zero-order valence-corrected chi connectivity index (χ0v) is 12.6. The Balaban J connectivity index is 2.23. The van der Waals surface area contributed by atoms with E-state index in [0.29, 0.717) is 5.92 Å². The minimum absolute atomic E-state index is 0.449. The van der Waals surface area contributed by atoms with E-state index < -0.39 is 6.10 Å². The summed E-state index contributed by atoms with van der Waals surface area (Å²) in [7, 11) is 0. The highest BCUT2D eigenvalue weighted by atomic mass is 16.5. The number of hydrogen-bond donors (Lipinski definition) is 1. The molecule has 0 heterocycles. The van der Waals surface area contributed by atoms with Gasteiger partial charge in [-0.3, -0.25) is 0 Å². The Morgan fingerprint density at radius 3 is 2.05 bits per heavy atom. The van der Waals surface area contributed by atoms with E-state index in [1.54, 1.807) is 6.92 Å². The van der Waals surface area contributed by atoms with E-state index in [2.05, 4.69) is 32.0 Å². The van der Waals surface area contributed by atoms with Crippen molar-refractivity contribution in [3.05, 3.63) is 59.2 Å². The third-order valence-corrected chi connectivity index (χ3v) is 3.47. The van der Waals surface area contributed by atoms with E-state index in [0.717, 1.165) is 22.6 Å². The van der Waals surface area contributed by atoms with Gasteiger partial charge < -0.3 is 9.84 Å². The molecule has 0 fully saturated rings. The summed E-state index contributed by atoms with van der Waals surface area (Å²) in [6.07, 6.45) is -0.449. The molecule has 1 atom stereocenters. The van der Waals surface area contributed by atoms with Crippen LogP contribution in [-0.2, 0) is 0 Å². The molecule has 0 aliphatic heterocycles. The number of hydrogen-bond acceptors (Lipinski definition) is 2. The van der Waals surface area contributed by atoms with Gasteiger partial charge in [-0.2, -0.15) is 0 Å². The fraction of sp³-hybridized carbons (Fsp3) is 0.333. The second-order valence-electron chi connectivity index (χ2n) is 5.53. The van der Waals surface area contributed by atoms with Crippen LogP contribution >= 0.6 is 0 Å². The highest BCUT2D eigenvalue weighted by molar-refractivity contribution is 5.41. The van der Waals surface area contributed by atoms with Gasteiger partial charge in [0.15, 0.2) is 0 Å². The lowest BCUT2D eigenvalue weighted by Crippen LogP contribution is -1.94. The monoisotopic (exact) mass is 270 g/mol. The van der Waals surface area contributed by atoms with Crippen LogP contribution in [0, 0.1) is 6.92 Å². The maximum absolute atomic E-state index is 9.51. The summed E-state index contributed by atoms with van der Waals surface area (Å²) in [5.41, 5.74) is 3.28. The van der Waals surface area contributed by atoms with Gasteiger partial charge in [0, 0.05) is 0 Å². The van der Waals surface area contributed by atoms with Crippen LogP contribution < -0.4 is 4.74 Å². The topological polar surface area (TPSA) is 29.5 Å². The van der Waals surface area contributed by atoms with E-state index in [-0.39, 0.29) is 0 Å². The predicted octanol–water partition coefficient (Wildman–Crippen LogP) is 4.96. The van der Waals surface area contributed by atoms with Gasteiger partial charge in [0.2, 0.25) is 0 Å². The van der Waals surface area contributed by atoms with Crippen molar-refractivity contribution >= 4 is 0 Å². The van der Waals surface area contributed by atoms with E-state index >= 15 is 0 Å². The molecule has 0 aliphatic rings. The van der Waals surface area contributed by atoms with Gasteiger partial charge in [-0.1, -0.05) is 38.1 Å². The van der Waals surface area contributed by atoms with Crippen LogP contribution in [0.2, 0.25) is 0 Å². The van der Waals surface area contributed by atoms with Crippen LogP contribution in [0.5, 0.6) is 11.5 Å². The molecule has 2 aromatic rings. The summed E-state index contributed by atoms with van der Waals surface area (Å²) in [6, 6.07) is 13.9. The zero-order valence-electron chi connectivity index (χ0n) is 12.6. The van der Waals surface area contributed by atoms with Crippen molar-refractivity contribution in [2.45, 2.75) is 39.7 Å². The van der Waals surface area contributed by atoms with Crippen LogP contribution in [0.4, 0.5) is 0 Å². The molecule has 0 saturated heterocycles. The first-order valence-electron chi connectivity index (χ1n) is 7.04. The summed E-state index contributed by atoms with van der Waals surface area (Å²) >= 11 is 0. The Labute approximate surface area is 121 Å². The van der Waals surface area contributed by atoms with Crippen molar-refractivity contribution in [2.75, 3.05) is 0 Å². The Bertz CT molecular complexity index is 568. The summed E-state index contributed by atoms with van der Waals surface area (Å²) < 4.78 is 5.95. The SMILES string of the molecule is Cc1ccc(C(C)C)cc1Oc1ccc(C(C)O)cc1. The molecule has 20 heavy (non-hydrogen) atoms. The summed E-state index contributed by atoms with van der Waals surface area (Å²) in [6.45, 7) is 8.15. The van der Waals surface area contributed by atoms with E-state index in [9.17, 15) is 5.11 Å². The molecule has 0 spiro atoms. The van der Waals surface area contributed by atoms with E-state index in [1.807, 2.05) is 31.2 Å². The molecule has 0 amide bonds. The number of rotatable bonds is 4. The first-order chi connectivity index (χ1) is 9.47. The second-order valence-corrected chi connectivity index (χ2v) is 5.53. The maximum Gasteiger partial charge on any atom is 0.130 e. The van der Waals surface area contributed by atoms with Gasteiger partial charge >= 0.3 is 0 Å². The van der Waals surface area contributed by atoms with Crippen molar-refractivity contribution in [1.82, 2.24) is 0 Å². The normalized spacial score (nSPS) is 12.5. The largest absolute Gasteiger partial charge is 0.457 e. The summed E-state index contributed by atoms with van der Waals surface area (Å²) in [4.78, 5) is 0. The Hall–Kier alpha value is -1.80. The minimum Gasteiger partial charge on any atom is -0.457 e. The molecule has 0 aromatic heterocycles. The molecule has 2 rings (SSSR count). The molecule has 0 radical (unpaired) electrons. The smallest absolute Gasteiger partial charge is 0.130 e. The lowest BCUT2D eigenvalue weighted by atomic mass is 10.0. The lowest BCUT2D eigenvalue weighted by Gasteiger charge is -2.13. The van der Waals surface area contributed by atoms with Crippen molar-refractivity contribution in [3.8, 4) is 11.5 Å². The standard InChI is InChI=1S/C18H22O2/c1-12(2)16-6-5-13(3)18(11-16)20-17-9-7-15(8-10-17)14(4)19/h5-12,14,19H,1-4H3. The van der Waals surface area contributed by atoms with Crippen molar-refractivity contribution in [2.24, 2.45) is 0 Å². The molecule has 0 bridgehead atoms. The molecule has 1 N–H and O–H groups in total. The zero-order chi connectivity index (χ0) is 14.7. The first-order valence-corrected chi connectivity index (χ1v) is 7.04. The molecule has 2 heteroatoms. The van der Waals surface area contributed by atoms with Gasteiger partial charge in [0.1, 0.15) is 11.5 Å².